The van der Waals surface area contributed by atoms with Crippen LogP contribution in [0, 0.1) is 18.7 Å². The highest BCUT2D eigenvalue weighted by Crippen LogP contribution is 2.37. The largest absolute Gasteiger partial charge is 0.481 e. The van der Waals surface area contributed by atoms with Crippen LogP contribution in [0.5, 0.6) is 0 Å². The fourth-order valence-electron chi connectivity index (χ4n) is 6.20. The number of nitrogens with zero attached hydrogens (tertiary/aromatic N) is 2. The number of carboxylic acids is 1. The number of hydrogen-bond acceptors (Lipinski definition) is 5. The molecule has 40 heavy (non-hydrogen) atoms. The van der Waals surface area contributed by atoms with Gasteiger partial charge in [-0.2, -0.15) is 0 Å². The highest BCUT2D eigenvalue weighted by Gasteiger charge is 2.31. The molecule has 2 aromatic carbocycles. The number of benzene rings is 2. The van der Waals surface area contributed by atoms with Gasteiger partial charge in [-0.1, -0.05) is 43.3 Å². The Bertz CT molecular complexity index is 1540. The van der Waals surface area contributed by atoms with Gasteiger partial charge in [0.15, 0.2) is 9.84 Å². The molecule has 3 unspecified atom stereocenters. The molecule has 0 saturated carbocycles. The van der Waals surface area contributed by atoms with Crippen LogP contribution in [0.1, 0.15) is 59.2 Å². The first-order valence-corrected chi connectivity index (χ1v) is 15.9. The minimum absolute atomic E-state index is 0.291. The van der Waals surface area contributed by atoms with Crippen molar-refractivity contribution in [3.8, 4) is 11.1 Å². The number of pyridine rings is 1. The fraction of sp³-hybridized carbons (Fsp3) is 0.438. The molecule has 0 radical (unpaired) electrons. The average Bonchev–Trinajstić information content (AvgIpc) is 3.39. The third kappa shape index (κ3) is 6.28. The van der Waals surface area contributed by atoms with Gasteiger partial charge in [0.05, 0.1) is 17.4 Å². The maximum absolute atomic E-state index is 15.0. The summed E-state index contributed by atoms with van der Waals surface area (Å²) >= 11 is 0. The smallest absolute Gasteiger partial charge is 0.306 e. The van der Waals surface area contributed by atoms with E-state index in [1.165, 1.54) is 29.1 Å². The van der Waals surface area contributed by atoms with Gasteiger partial charge in [-0.3, -0.25) is 14.7 Å². The average molecular weight is 565 g/mol. The van der Waals surface area contributed by atoms with Gasteiger partial charge in [0.2, 0.25) is 0 Å². The summed E-state index contributed by atoms with van der Waals surface area (Å²) < 4.78 is 39.3. The molecule has 212 valence electrons. The summed E-state index contributed by atoms with van der Waals surface area (Å²) in [4.78, 5) is 17.6. The molecule has 0 amide bonds. The Hall–Kier alpha value is -3.10. The Kier molecular flexibility index (Phi) is 8.11. The first kappa shape index (κ1) is 28.4. The quantitative estimate of drug-likeness (QED) is 0.397. The lowest BCUT2D eigenvalue weighted by molar-refractivity contribution is -0.141. The number of fused-ring (bicyclic) bond motifs is 1. The number of aryl methyl sites for hydroxylation is 2. The minimum Gasteiger partial charge on any atom is -0.481 e. The maximum Gasteiger partial charge on any atom is 0.306 e. The third-order valence-corrected chi connectivity index (χ3v) is 10.2. The second kappa shape index (κ2) is 11.4. The Balaban J connectivity index is 1.45. The molecular weight excluding hydrogens is 527 g/mol. The monoisotopic (exact) mass is 564 g/mol. The van der Waals surface area contributed by atoms with E-state index in [0.717, 1.165) is 41.6 Å². The molecule has 1 aromatic heterocycles. The van der Waals surface area contributed by atoms with Crippen LogP contribution in [0.25, 0.3) is 11.1 Å². The normalized spacial score (nSPS) is 20.3. The first-order valence-electron chi connectivity index (χ1n) is 14.0. The van der Waals surface area contributed by atoms with E-state index in [4.69, 9.17) is 0 Å². The fourth-order valence-corrected chi connectivity index (χ4v) is 7.22. The third-order valence-electron chi connectivity index (χ3n) is 8.57. The van der Waals surface area contributed by atoms with Gasteiger partial charge in [-0.25, -0.2) is 12.8 Å². The van der Waals surface area contributed by atoms with Crippen molar-refractivity contribution in [2.75, 3.05) is 19.3 Å². The van der Waals surface area contributed by atoms with E-state index in [2.05, 4.69) is 40.2 Å². The summed E-state index contributed by atoms with van der Waals surface area (Å²) in [7, 11) is -3.11. The van der Waals surface area contributed by atoms with Crippen molar-refractivity contribution in [1.29, 1.82) is 0 Å². The lowest BCUT2D eigenvalue weighted by atomic mass is 9.78. The summed E-state index contributed by atoms with van der Waals surface area (Å²) in [6.07, 6.45) is 6.50. The van der Waals surface area contributed by atoms with Gasteiger partial charge < -0.3 is 5.11 Å². The number of halogens is 1. The predicted molar refractivity (Wildman–Crippen MR) is 155 cm³/mol. The van der Waals surface area contributed by atoms with Gasteiger partial charge >= 0.3 is 5.97 Å². The molecule has 1 aliphatic heterocycles. The van der Waals surface area contributed by atoms with Crippen LogP contribution < -0.4 is 0 Å². The van der Waals surface area contributed by atoms with Crippen LogP contribution in [-0.2, 0) is 40.4 Å². The molecule has 1 N–H and O–H groups in total. The number of carbonyl (C=O) groups is 1. The van der Waals surface area contributed by atoms with E-state index < -0.39 is 21.7 Å². The zero-order valence-electron chi connectivity index (χ0n) is 23.4. The number of hydrogen-bond donors (Lipinski definition) is 1. The van der Waals surface area contributed by atoms with Gasteiger partial charge in [0.25, 0.3) is 0 Å². The van der Waals surface area contributed by atoms with Crippen molar-refractivity contribution in [1.82, 2.24) is 9.88 Å². The van der Waals surface area contributed by atoms with Crippen LogP contribution in [0.15, 0.2) is 48.7 Å². The zero-order valence-corrected chi connectivity index (χ0v) is 24.2. The van der Waals surface area contributed by atoms with Crippen molar-refractivity contribution in [3.63, 3.8) is 0 Å². The standard InChI is InChI=1S/C32H37FN2O4S/c1-20(32(36)37)12-22-4-5-23-6-7-24(15-26(23)14-22)25-8-9-29(30-13-21(2)34-17-31(30)33)27(16-25)18-35-11-10-28(19-35)40(3,38)39/h4-5,8-9,13-14,16-17,20,24,28H,6-7,10-12,15,18-19H2,1-3H3,(H,36,37). The zero-order chi connectivity index (χ0) is 28.6. The van der Waals surface area contributed by atoms with Gasteiger partial charge in [0.1, 0.15) is 5.82 Å². The summed E-state index contributed by atoms with van der Waals surface area (Å²) in [5.41, 5.74) is 7.88. The highest BCUT2D eigenvalue weighted by atomic mass is 32.2. The predicted octanol–water partition coefficient (Wildman–Crippen LogP) is 5.35. The van der Waals surface area contributed by atoms with E-state index >= 15 is 0 Å². The minimum atomic E-state index is -3.11. The molecule has 6 nitrogen and oxygen atoms in total. The maximum atomic E-state index is 15.0. The summed E-state index contributed by atoms with van der Waals surface area (Å²) in [5, 5.41) is 8.96. The van der Waals surface area contributed by atoms with Crippen molar-refractivity contribution in [2.24, 2.45) is 5.92 Å². The molecule has 3 aromatic rings. The molecule has 5 rings (SSSR count). The molecule has 8 heteroatoms. The first-order chi connectivity index (χ1) is 19.0. The summed E-state index contributed by atoms with van der Waals surface area (Å²) in [6.45, 7) is 5.30. The second-order valence-electron chi connectivity index (χ2n) is 11.7. The lowest BCUT2D eigenvalue weighted by Crippen LogP contribution is -2.26. The van der Waals surface area contributed by atoms with Crippen LogP contribution >= 0.6 is 0 Å². The Morgan fingerprint density at radius 2 is 1.93 bits per heavy atom. The molecule has 0 bridgehead atoms. The Morgan fingerprint density at radius 3 is 2.65 bits per heavy atom. The molecule has 2 aliphatic rings. The van der Waals surface area contributed by atoms with E-state index in [1.54, 1.807) is 13.0 Å². The van der Waals surface area contributed by atoms with Crippen molar-refractivity contribution < 1.29 is 22.7 Å². The lowest BCUT2D eigenvalue weighted by Gasteiger charge is -2.27. The van der Waals surface area contributed by atoms with Crippen molar-refractivity contribution in [3.05, 3.63) is 88.0 Å². The van der Waals surface area contributed by atoms with Gasteiger partial charge in [-0.15, -0.1) is 0 Å². The van der Waals surface area contributed by atoms with E-state index in [1.807, 2.05) is 13.0 Å². The molecule has 0 spiro atoms. The second-order valence-corrected chi connectivity index (χ2v) is 14.0. The van der Waals surface area contributed by atoms with Crippen molar-refractivity contribution in [2.45, 2.75) is 63.7 Å². The number of aliphatic carboxylic acids is 1. The van der Waals surface area contributed by atoms with Crippen LogP contribution in [-0.4, -0.2) is 54.0 Å². The van der Waals surface area contributed by atoms with E-state index in [-0.39, 0.29) is 11.1 Å². The van der Waals surface area contributed by atoms with Crippen LogP contribution in [0.4, 0.5) is 4.39 Å². The number of rotatable bonds is 8. The molecule has 1 aliphatic carbocycles. The van der Waals surface area contributed by atoms with Gasteiger partial charge in [-0.05, 0) is 90.9 Å². The number of aromatic nitrogens is 1. The Morgan fingerprint density at radius 1 is 1.12 bits per heavy atom. The molecule has 1 saturated heterocycles. The number of likely N-dealkylation sites (tertiary alicyclic amines) is 1. The van der Waals surface area contributed by atoms with Crippen molar-refractivity contribution >= 4 is 15.8 Å². The summed E-state index contributed by atoms with van der Waals surface area (Å²) in [5.74, 6) is -1.30. The topological polar surface area (TPSA) is 87.6 Å². The molecule has 3 atom stereocenters. The summed E-state index contributed by atoms with van der Waals surface area (Å²) in [6, 6.07) is 14.4. The van der Waals surface area contributed by atoms with E-state index in [9.17, 15) is 22.7 Å². The number of carboxylic acid groups (broad SMARTS) is 1. The SMILES string of the molecule is Cc1cc(-c2ccc(C3CCc4ccc(CC(C)C(=O)O)cc4C3)cc2CN2CCC(S(C)(=O)=O)C2)c(F)cn1. The van der Waals surface area contributed by atoms with Crippen LogP contribution in [0.3, 0.4) is 0 Å². The van der Waals surface area contributed by atoms with Gasteiger partial charge in [0, 0.05) is 30.6 Å². The van der Waals surface area contributed by atoms with Crippen LogP contribution in [0.2, 0.25) is 0 Å². The highest BCUT2D eigenvalue weighted by molar-refractivity contribution is 7.91. The number of sulfone groups is 1. The van der Waals surface area contributed by atoms with E-state index in [0.29, 0.717) is 44.0 Å². The Labute approximate surface area is 236 Å². The molecule has 1 fully saturated rings. The molecular formula is C32H37FN2O4S. The molecule has 2 heterocycles.